The average Bonchev–Trinajstić information content (AvgIpc) is 2.68. The second-order valence-corrected chi connectivity index (χ2v) is 8.11. The molecule has 1 aromatic carbocycles. The molecule has 1 aromatic heterocycles. The number of nitrogen functional groups attached to an aromatic ring is 5. The van der Waals surface area contributed by atoms with Gasteiger partial charge in [-0.15, -0.1) is 0 Å². The van der Waals surface area contributed by atoms with E-state index in [2.05, 4.69) is 6.92 Å². The van der Waals surface area contributed by atoms with Gasteiger partial charge in [-0.3, -0.25) is 5.41 Å². The van der Waals surface area contributed by atoms with Crippen molar-refractivity contribution in [3.05, 3.63) is 11.1 Å². The Bertz CT molecular complexity index is 932. The van der Waals surface area contributed by atoms with E-state index in [0.29, 0.717) is 22.3 Å². The summed E-state index contributed by atoms with van der Waals surface area (Å²) in [6.45, 7) is 2.11. The lowest BCUT2D eigenvalue weighted by atomic mass is 9.85. The first-order valence-corrected chi connectivity index (χ1v) is 9.45. The summed E-state index contributed by atoms with van der Waals surface area (Å²) < 4.78 is 5.74. The quantitative estimate of drug-likeness (QED) is 0.372. The van der Waals surface area contributed by atoms with E-state index in [4.69, 9.17) is 44.2 Å². The summed E-state index contributed by atoms with van der Waals surface area (Å²) in [6.07, 6.45) is 6.85. The molecular weight excluding hydrogens is 342 g/mol. The summed E-state index contributed by atoms with van der Waals surface area (Å²) >= 11 is 0. The topological polar surface area (TPSA) is 193 Å². The molecule has 2 aromatic rings. The zero-order valence-electron chi connectivity index (χ0n) is 15.9. The van der Waals surface area contributed by atoms with Crippen LogP contribution in [0.5, 0.6) is 0 Å². The maximum atomic E-state index is 8.01. The molecule has 2 atom stereocenters. The summed E-state index contributed by atoms with van der Waals surface area (Å²) in [4.78, 5) is 0. The van der Waals surface area contributed by atoms with Crippen LogP contribution in [-0.4, -0.2) is 5.54 Å². The molecule has 1 fully saturated rings. The van der Waals surface area contributed by atoms with Crippen LogP contribution >= 0.6 is 0 Å². The van der Waals surface area contributed by atoms with Gasteiger partial charge in [0, 0.05) is 11.1 Å². The van der Waals surface area contributed by atoms with Crippen molar-refractivity contribution in [1.82, 2.24) is 0 Å². The number of nitrogens with two attached hydrogens (primary N) is 6. The fourth-order valence-corrected chi connectivity index (χ4v) is 4.23. The highest BCUT2D eigenvalue weighted by Gasteiger charge is 2.28. The highest BCUT2D eigenvalue weighted by atomic mass is 16.3. The minimum absolute atomic E-state index is 0.0534. The molecule has 148 valence electrons. The van der Waals surface area contributed by atoms with Gasteiger partial charge >= 0.3 is 0 Å². The van der Waals surface area contributed by atoms with Crippen molar-refractivity contribution < 1.29 is 4.42 Å². The fourth-order valence-electron chi connectivity index (χ4n) is 4.23. The van der Waals surface area contributed by atoms with Crippen LogP contribution in [0.15, 0.2) is 4.42 Å². The Balaban J connectivity index is 2.19. The zero-order chi connectivity index (χ0) is 19.9. The molecule has 1 saturated carbocycles. The highest BCUT2D eigenvalue weighted by Crippen LogP contribution is 2.46. The third-order valence-electron chi connectivity index (χ3n) is 5.88. The van der Waals surface area contributed by atoms with Crippen molar-refractivity contribution in [1.29, 1.82) is 5.41 Å². The number of benzene rings is 1. The molecule has 0 amide bonds. The van der Waals surface area contributed by atoms with Crippen molar-refractivity contribution in [3.8, 4) is 0 Å². The zero-order valence-corrected chi connectivity index (χ0v) is 15.9. The lowest BCUT2D eigenvalue weighted by Gasteiger charge is -2.24. The normalized spacial score (nSPS) is 24.3. The Hall–Kier alpha value is -2.61. The second kappa shape index (κ2) is 6.84. The van der Waals surface area contributed by atoms with E-state index in [1.54, 1.807) is 0 Å². The van der Waals surface area contributed by atoms with Crippen molar-refractivity contribution in [2.75, 3.05) is 28.7 Å². The Kier molecular flexibility index (Phi) is 4.86. The van der Waals surface area contributed by atoms with Crippen LogP contribution in [0.25, 0.3) is 11.0 Å². The summed E-state index contributed by atoms with van der Waals surface area (Å²) in [5, 5.41) is 8.46. The van der Waals surface area contributed by atoms with Gasteiger partial charge in [0.05, 0.1) is 28.1 Å². The maximum absolute atomic E-state index is 8.01. The molecule has 27 heavy (non-hydrogen) atoms. The first kappa shape index (κ1) is 19.2. The third kappa shape index (κ3) is 3.37. The predicted octanol–water partition coefficient (Wildman–Crippen LogP) is 2.37. The van der Waals surface area contributed by atoms with Gasteiger partial charge in [0.1, 0.15) is 11.3 Å². The van der Waals surface area contributed by atoms with Gasteiger partial charge in [-0.2, -0.15) is 0 Å². The van der Waals surface area contributed by atoms with Gasteiger partial charge < -0.3 is 38.8 Å². The first-order valence-electron chi connectivity index (χ1n) is 9.45. The molecule has 8 nitrogen and oxygen atoms in total. The molecule has 13 N–H and O–H groups in total. The highest BCUT2D eigenvalue weighted by molar-refractivity contribution is 6.11. The molecule has 1 aliphatic carbocycles. The first-order chi connectivity index (χ1) is 12.6. The van der Waals surface area contributed by atoms with Gasteiger partial charge in [-0.25, -0.2) is 0 Å². The number of hydrogen-bond acceptors (Lipinski definition) is 8. The van der Waals surface area contributed by atoms with Crippen molar-refractivity contribution in [2.24, 2.45) is 5.73 Å². The summed E-state index contributed by atoms with van der Waals surface area (Å²) in [5.74, 6) is 0.135. The number of fused-ring (bicyclic) bond motifs is 1. The predicted molar refractivity (Wildman–Crippen MR) is 112 cm³/mol. The second-order valence-electron chi connectivity index (χ2n) is 8.11. The van der Waals surface area contributed by atoms with Crippen molar-refractivity contribution in [3.63, 3.8) is 0 Å². The van der Waals surface area contributed by atoms with Crippen LogP contribution in [0.3, 0.4) is 0 Å². The number of anilines is 5. The molecule has 2 unspecified atom stereocenters. The largest absolute Gasteiger partial charge is 0.436 e. The minimum atomic E-state index is -0.192. The molecule has 0 bridgehead atoms. The standard InChI is InChI=1S/C19H31N7O/c1-19(26)7-3-2-5-9(6-4-8-19)10-12(20)15(23)13(21)11-14(22)16(24)18(25)27-17(10)11/h9,25H,2-8,20-24,26H2,1H3. The van der Waals surface area contributed by atoms with Gasteiger partial charge in [-0.1, -0.05) is 19.3 Å². The monoisotopic (exact) mass is 373 g/mol. The van der Waals surface area contributed by atoms with Crippen LogP contribution in [0.4, 0.5) is 28.4 Å². The van der Waals surface area contributed by atoms with Crippen LogP contribution < -0.4 is 40.0 Å². The van der Waals surface area contributed by atoms with E-state index in [9.17, 15) is 0 Å². The van der Waals surface area contributed by atoms with Crippen LogP contribution in [0, 0.1) is 5.41 Å². The number of hydrogen-bond donors (Lipinski definition) is 7. The van der Waals surface area contributed by atoms with Crippen LogP contribution in [0.2, 0.25) is 0 Å². The van der Waals surface area contributed by atoms with Crippen LogP contribution in [-0.2, 0) is 0 Å². The van der Waals surface area contributed by atoms with Crippen molar-refractivity contribution in [2.45, 2.75) is 63.3 Å². The Morgan fingerprint density at radius 1 is 0.852 bits per heavy atom. The van der Waals surface area contributed by atoms with E-state index in [-0.39, 0.29) is 34.1 Å². The molecule has 0 saturated heterocycles. The Morgan fingerprint density at radius 3 is 2.15 bits per heavy atom. The van der Waals surface area contributed by atoms with Crippen LogP contribution in [0.1, 0.15) is 63.4 Å². The molecule has 0 aliphatic heterocycles. The fraction of sp³-hybridized carbons (Fsp3) is 0.526. The van der Waals surface area contributed by atoms with Gasteiger partial charge in [-0.05, 0) is 38.5 Å². The lowest BCUT2D eigenvalue weighted by Crippen LogP contribution is -2.35. The molecule has 1 aliphatic rings. The summed E-state index contributed by atoms with van der Waals surface area (Å²) in [6, 6.07) is 0. The summed E-state index contributed by atoms with van der Waals surface area (Å²) in [5.41, 5.74) is 39.3. The number of rotatable bonds is 1. The SMILES string of the molecule is CC1(N)CCCCC(c2c(N)c(N)c(N)c3c(N)c(N)c(=N)oc23)CCC1. The Labute approximate surface area is 158 Å². The van der Waals surface area contributed by atoms with Gasteiger partial charge in [0.25, 0.3) is 0 Å². The smallest absolute Gasteiger partial charge is 0.237 e. The van der Waals surface area contributed by atoms with E-state index in [1.165, 1.54) is 0 Å². The third-order valence-corrected chi connectivity index (χ3v) is 5.88. The van der Waals surface area contributed by atoms with E-state index >= 15 is 0 Å². The maximum Gasteiger partial charge on any atom is 0.237 e. The van der Waals surface area contributed by atoms with E-state index < -0.39 is 0 Å². The molecular formula is C19H31N7O. The number of nitrogens with one attached hydrogen (secondary N) is 1. The summed E-state index contributed by atoms with van der Waals surface area (Å²) in [7, 11) is 0. The van der Waals surface area contributed by atoms with Gasteiger partial charge in [0.15, 0.2) is 0 Å². The lowest BCUT2D eigenvalue weighted by molar-refractivity contribution is 0.381. The molecule has 3 rings (SSSR count). The minimum Gasteiger partial charge on any atom is -0.436 e. The van der Waals surface area contributed by atoms with Crippen molar-refractivity contribution >= 4 is 39.4 Å². The molecule has 8 heteroatoms. The van der Waals surface area contributed by atoms with E-state index in [1.807, 2.05) is 0 Å². The molecule has 0 spiro atoms. The molecule has 1 heterocycles. The van der Waals surface area contributed by atoms with E-state index in [0.717, 1.165) is 50.5 Å². The Morgan fingerprint density at radius 2 is 1.44 bits per heavy atom. The average molecular weight is 374 g/mol. The van der Waals surface area contributed by atoms with Gasteiger partial charge in [0.2, 0.25) is 5.55 Å². The molecule has 0 radical (unpaired) electrons.